The van der Waals surface area contributed by atoms with E-state index in [1.807, 2.05) is 13.1 Å². The van der Waals surface area contributed by atoms with Crippen molar-refractivity contribution in [2.45, 2.75) is 23.5 Å². The van der Waals surface area contributed by atoms with Crippen molar-refractivity contribution in [2.75, 3.05) is 20.1 Å². The minimum atomic E-state index is -3.27. The molecule has 96 valence electrons. The summed E-state index contributed by atoms with van der Waals surface area (Å²) in [5.74, 6) is 0.563. The Hall–Kier alpha value is -0.430. The Morgan fingerprint density at radius 3 is 2.82 bits per heavy atom. The molecule has 1 saturated carbocycles. The maximum Gasteiger partial charge on any atom is 0.250 e. The Kier molecular flexibility index (Phi) is 4.19. The largest absolute Gasteiger partial charge is 0.319 e. The van der Waals surface area contributed by atoms with Gasteiger partial charge in [-0.05, 0) is 50.9 Å². The molecule has 0 aromatic carbocycles. The van der Waals surface area contributed by atoms with Crippen LogP contribution < -0.4 is 10.0 Å². The lowest BCUT2D eigenvalue weighted by Gasteiger charge is -2.02. The standard InChI is InChI=1S/C11H18N2O2S2/c1-12-7-6-10-4-5-11(16-10)17(14,15)13-8-9-2-3-9/h4-5,9,12-13H,2-3,6-8H2,1H3. The Morgan fingerprint density at radius 1 is 1.41 bits per heavy atom. The van der Waals surface area contributed by atoms with Gasteiger partial charge in [0.1, 0.15) is 4.21 Å². The predicted octanol–water partition coefficient (Wildman–Crippen LogP) is 1.20. The van der Waals surface area contributed by atoms with Gasteiger partial charge in [-0.1, -0.05) is 0 Å². The Balaban J connectivity index is 1.96. The van der Waals surface area contributed by atoms with Gasteiger partial charge in [-0.2, -0.15) is 0 Å². The lowest BCUT2D eigenvalue weighted by Crippen LogP contribution is -2.25. The quantitative estimate of drug-likeness (QED) is 0.785. The Morgan fingerprint density at radius 2 is 2.18 bits per heavy atom. The van der Waals surface area contributed by atoms with Crippen molar-refractivity contribution in [2.24, 2.45) is 5.92 Å². The monoisotopic (exact) mass is 274 g/mol. The highest BCUT2D eigenvalue weighted by Gasteiger charge is 2.24. The summed E-state index contributed by atoms with van der Waals surface area (Å²) in [7, 11) is -1.38. The highest BCUT2D eigenvalue weighted by molar-refractivity contribution is 7.91. The molecule has 0 bridgehead atoms. The molecule has 1 fully saturated rings. The molecule has 1 aliphatic rings. The van der Waals surface area contributed by atoms with Gasteiger partial charge in [0.15, 0.2) is 0 Å². The van der Waals surface area contributed by atoms with E-state index in [1.54, 1.807) is 6.07 Å². The molecule has 2 rings (SSSR count). The average Bonchev–Trinajstić information content (AvgIpc) is 3.01. The van der Waals surface area contributed by atoms with Gasteiger partial charge in [-0.15, -0.1) is 11.3 Å². The van der Waals surface area contributed by atoms with Crippen LogP contribution >= 0.6 is 11.3 Å². The number of hydrogen-bond donors (Lipinski definition) is 2. The summed E-state index contributed by atoms with van der Waals surface area (Å²) in [5, 5.41) is 3.05. The zero-order valence-corrected chi connectivity index (χ0v) is 11.5. The minimum Gasteiger partial charge on any atom is -0.319 e. The summed E-state index contributed by atoms with van der Waals surface area (Å²) in [6.07, 6.45) is 3.18. The molecular formula is C11H18N2O2S2. The molecule has 0 atom stereocenters. The topological polar surface area (TPSA) is 58.2 Å². The Bertz CT molecular complexity index is 464. The SMILES string of the molecule is CNCCc1ccc(S(=O)(=O)NCC2CC2)s1. The first-order valence-electron chi connectivity index (χ1n) is 5.85. The summed E-state index contributed by atoms with van der Waals surface area (Å²) in [6.45, 7) is 1.46. The molecule has 0 radical (unpaired) electrons. The second-order valence-electron chi connectivity index (χ2n) is 4.37. The van der Waals surface area contributed by atoms with Crippen LogP contribution in [0.1, 0.15) is 17.7 Å². The molecule has 1 aliphatic carbocycles. The molecule has 0 amide bonds. The van der Waals surface area contributed by atoms with E-state index in [1.165, 1.54) is 11.3 Å². The first-order chi connectivity index (χ1) is 8.12. The molecule has 0 saturated heterocycles. The smallest absolute Gasteiger partial charge is 0.250 e. The zero-order valence-electron chi connectivity index (χ0n) is 9.90. The zero-order chi connectivity index (χ0) is 12.3. The molecule has 1 heterocycles. The number of thiophene rings is 1. The van der Waals surface area contributed by atoms with Gasteiger partial charge < -0.3 is 5.32 Å². The second-order valence-corrected chi connectivity index (χ2v) is 7.53. The van der Waals surface area contributed by atoms with Crippen molar-refractivity contribution in [3.8, 4) is 0 Å². The number of nitrogens with one attached hydrogen (secondary N) is 2. The van der Waals surface area contributed by atoms with E-state index in [0.717, 1.165) is 30.7 Å². The molecule has 0 unspecified atom stereocenters. The van der Waals surface area contributed by atoms with Crippen molar-refractivity contribution >= 4 is 21.4 Å². The molecule has 4 nitrogen and oxygen atoms in total. The third-order valence-corrected chi connectivity index (χ3v) is 5.84. The van der Waals surface area contributed by atoms with E-state index in [9.17, 15) is 8.42 Å². The first kappa shape index (κ1) is 13.0. The van der Waals surface area contributed by atoms with E-state index in [-0.39, 0.29) is 0 Å². The van der Waals surface area contributed by atoms with Crippen molar-refractivity contribution in [3.05, 3.63) is 17.0 Å². The van der Waals surface area contributed by atoms with Crippen LogP contribution in [0.25, 0.3) is 0 Å². The number of rotatable bonds is 7. The van der Waals surface area contributed by atoms with Gasteiger partial charge in [0.2, 0.25) is 10.0 Å². The van der Waals surface area contributed by atoms with Crippen LogP contribution in [0.2, 0.25) is 0 Å². The predicted molar refractivity (Wildman–Crippen MR) is 69.9 cm³/mol. The van der Waals surface area contributed by atoms with Crippen LogP contribution in [0.4, 0.5) is 0 Å². The van der Waals surface area contributed by atoms with Crippen LogP contribution in [0, 0.1) is 5.92 Å². The minimum absolute atomic E-state index is 0.434. The fourth-order valence-corrected chi connectivity index (χ4v) is 4.02. The van der Waals surface area contributed by atoms with E-state index in [4.69, 9.17) is 0 Å². The molecule has 17 heavy (non-hydrogen) atoms. The summed E-state index contributed by atoms with van der Waals surface area (Å²) in [6, 6.07) is 3.60. The second kappa shape index (κ2) is 5.48. The third-order valence-electron chi connectivity index (χ3n) is 2.78. The van der Waals surface area contributed by atoms with Crippen LogP contribution in [0.15, 0.2) is 16.3 Å². The molecule has 0 spiro atoms. The number of hydrogen-bond acceptors (Lipinski definition) is 4. The average molecular weight is 274 g/mol. The molecule has 1 aromatic rings. The molecule has 0 aliphatic heterocycles. The third kappa shape index (κ3) is 3.77. The van der Waals surface area contributed by atoms with E-state index < -0.39 is 10.0 Å². The van der Waals surface area contributed by atoms with Crippen LogP contribution in [0.3, 0.4) is 0 Å². The van der Waals surface area contributed by atoms with Gasteiger partial charge >= 0.3 is 0 Å². The van der Waals surface area contributed by atoms with Crippen LogP contribution in [0.5, 0.6) is 0 Å². The molecule has 2 N–H and O–H groups in total. The van der Waals surface area contributed by atoms with Gasteiger partial charge in [0.25, 0.3) is 0 Å². The van der Waals surface area contributed by atoms with Crippen molar-refractivity contribution in [1.82, 2.24) is 10.0 Å². The van der Waals surface area contributed by atoms with Crippen molar-refractivity contribution in [1.29, 1.82) is 0 Å². The number of sulfonamides is 1. The maximum absolute atomic E-state index is 11.9. The normalized spacial score (nSPS) is 16.3. The van der Waals surface area contributed by atoms with Gasteiger partial charge in [0.05, 0.1) is 0 Å². The fourth-order valence-electron chi connectivity index (χ4n) is 1.51. The highest BCUT2D eigenvalue weighted by Crippen LogP contribution is 2.29. The molecule has 6 heteroatoms. The van der Waals surface area contributed by atoms with Crippen LogP contribution in [-0.4, -0.2) is 28.6 Å². The van der Waals surface area contributed by atoms with E-state index in [2.05, 4.69) is 10.0 Å². The molecule has 1 aromatic heterocycles. The summed E-state index contributed by atoms with van der Waals surface area (Å²) < 4.78 is 27.0. The van der Waals surface area contributed by atoms with E-state index in [0.29, 0.717) is 16.7 Å². The Labute approximate surface area is 106 Å². The summed E-state index contributed by atoms with van der Waals surface area (Å²) in [4.78, 5) is 1.10. The number of likely N-dealkylation sites (N-methyl/N-ethyl adjacent to an activating group) is 1. The fraction of sp³-hybridized carbons (Fsp3) is 0.636. The first-order valence-corrected chi connectivity index (χ1v) is 8.15. The van der Waals surface area contributed by atoms with Crippen LogP contribution in [-0.2, 0) is 16.4 Å². The maximum atomic E-state index is 11.9. The summed E-state index contributed by atoms with van der Waals surface area (Å²) in [5.41, 5.74) is 0. The highest BCUT2D eigenvalue weighted by atomic mass is 32.2. The lowest BCUT2D eigenvalue weighted by atomic mass is 10.3. The van der Waals surface area contributed by atoms with Gasteiger partial charge in [-0.3, -0.25) is 0 Å². The lowest BCUT2D eigenvalue weighted by molar-refractivity contribution is 0.579. The van der Waals surface area contributed by atoms with Gasteiger partial charge in [0, 0.05) is 11.4 Å². The molecular weight excluding hydrogens is 256 g/mol. The van der Waals surface area contributed by atoms with E-state index >= 15 is 0 Å². The summed E-state index contributed by atoms with van der Waals surface area (Å²) >= 11 is 1.36. The van der Waals surface area contributed by atoms with Crippen molar-refractivity contribution in [3.63, 3.8) is 0 Å². The van der Waals surface area contributed by atoms with Crippen molar-refractivity contribution < 1.29 is 8.42 Å². The van der Waals surface area contributed by atoms with Gasteiger partial charge in [-0.25, -0.2) is 13.1 Å².